The van der Waals surface area contributed by atoms with Gasteiger partial charge in [0, 0.05) is 12.7 Å². The lowest BCUT2D eigenvalue weighted by molar-refractivity contribution is 0.149. The van der Waals surface area contributed by atoms with Crippen molar-refractivity contribution in [3.05, 3.63) is 36.0 Å². The fourth-order valence-corrected chi connectivity index (χ4v) is 1.11. The zero-order valence-electron chi connectivity index (χ0n) is 8.58. The van der Waals surface area contributed by atoms with Gasteiger partial charge >= 0.3 is 0 Å². The molecule has 0 amide bonds. The van der Waals surface area contributed by atoms with Gasteiger partial charge in [-0.15, -0.1) is 6.58 Å². The van der Waals surface area contributed by atoms with E-state index in [0.29, 0.717) is 11.6 Å². The lowest BCUT2D eigenvalue weighted by Crippen LogP contribution is -2.10. The van der Waals surface area contributed by atoms with Crippen LogP contribution >= 0.6 is 11.6 Å². The van der Waals surface area contributed by atoms with Crippen molar-refractivity contribution in [3.63, 3.8) is 0 Å². The third kappa shape index (κ3) is 5.40. The van der Waals surface area contributed by atoms with Gasteiger partial charge in [-0.25, -0.2) is 4.98 Å². The highest BCUT2D eigenvalue weighted by molar-refractivity contribution is 6.30. The normalized spacial score (nSPS) is 9.93. The molecule has 1 rings (SSSR count). The Balaban J connectivity index is 2.09. The maximum Gasteiger partial charge on any atom is 0.126 e. The van der Waals surface area contributed by atoms with Crippen LogP contribution in [0.5, 0.6) is 0 Å². The number of hydrogen-bond donors (Lipinski definition) is 1. The van der Waals surface area contributed by atoms with Gasteiger partial charge < -0.3 is 10.1 Å². The quantitative estimate of drug-likeness (QED) is 0.574. The number of rotatable bonds is 7. The Morgan fingerprint density at radius 2 is 2.33 bits per heavy atom. The average Bonchev–Trinajstić information content (AvgIpc) is 2.26. The Hall–Kier alpha value is -1.06. The predicted molar refractivity (Wildman–Crippen MR) is 63.4 cm³/mol. The summed E-state index contributed by atoms with van der Waals surface area (Å²) in [6.45, 7) is 5.74. The molecule has 0 radical (unpaired) electrons. The first kappa shape index (κ1) is 12.0. The van der Waals surface area contributed by atoms with E-state index in [4.69, 9.17) is 16.3 Å². The van der Waals surface area contributed by atoms with Gasteiger partial charge in [-0.2, -0.15) is 0 Å². The molecule has 0 fully saturated rings. The van der Waals surface area contributed by atoms with Gasteiger partial charge in [-0.1, -0.05) is 17.7 Å². The van der Waals surface area contributed by atoms with Crippen LogP contribution in [0, 0.1) is 0 Å². The van der Waals surface area contributed by atoms with Crippen LogP contribution in [0.25, 0.3) is 0 Å². The maximum absolute atomic E-state index is 5.71. The minimum absolute atomic E-state index is 0.641. The largest absolute Gasteiger partial charge is 0.379 e. The summed E-state index contributed by atoms with van der Waals surface area (Å²) >= 11 is 5.71. The molecule has 1 heterocycles. The zero-order chi connectivity index (χ0) is 10.9. The van der Waals surface area contributed by atoms with Crippen LogP contribution in [0.1, 0.15) is 6.42 Å². The summed E-state index contributed by atoms with van der Waals surface area (Å²) in [5.74, 6) is 0.812. The lowest BCUT2D eigenvalue weighted by atomic mass is 10.4. The molecule has 0 atom stereocenters. The molecular formula is C11H15ClN2O. The van der Waals surface area contributed by atoms with Crippen LogP contribution < -0.4 is 5.32 Å². The number of ether oxygens (including phenoxy) is 1. The second kappa shape index (κ2) is 7.26. The van der Waals surface area contributed by atoms with Crippen LogP contribution in [0.15, 0.2) is 31.0 Å². The maximum atomic E-state index is 5.71. The second-order valence-electron chi connectivity index (χ2n) is 2.98. The topological polar surface area (TPSA) is 34.1 Å². The van der Waals surface area contributed by atoms with Crippen LogP contribution in [-0.4, -0.2) is 24.7 Å². The molecule has 0 aromatic carbocycles. The van der Waals surface area contributed by atoms with Gasteiger partial charge in [0.2, 0.25) is 0 Å². The molecule has 82 valence electrons. The predicted octanol–water partition coefficient (Wildman–Crippen LogP) is 2.74. The molecular weight excluding hydrogens is 212 g/mol. The highest BCUT2D eigenvalue weighted by Gasteiger charge is 1.93. The lowest BCUT2D eigenvalue weighted by Gasteiger charge is -2.05. The van der Waals surface area contributed by atoms with E-state index in [1.54, 1.807) is 12.3 Å². The average molecular weight is 227 g/mol. The zero-order valence-corrected chi connectivity index (χ0v) is 9.33. The molecule has 1 aromatic rings. The minimum Gasteiger partial charge on any atom is -0.379 e. The number of nitrogens with one attached hydrogen (secondary N) is 1. The van der Waals surface area contributed by atoms with Crippen LogP contribution in [0.2, 0.25) is 5.02 Å². The fraction of sp³-hybridized carbons (Fsp3) is 0.364. The van der Waals surface area contributed by atoms with Crippen molar-refractivity contribution in [2.24, 2.45) is 0 Å². The third-order valence-electron chi connectivity index (χ3n) is 1.75. The van der Waals surface area contributed by atoms with Crippen molar-refractivity contribution in [3.8, 4) is 0 Å². The summed E-state index contributed by atoms with van der Waals surface area (Å²) in [7, 11) is 0. The molecule has 0 saturated heterocycles. The molecule has 4 heteroatoms. The highest BCUT2D eigenvalue weighted by Crippen LogP contribution is 2.08. The first-order valence-electron chi connectivity index (χ1n) is 4.87. The Morgan fingerprint density at radius 3 is 3.00 bits per heavy atom. The van der Waals surface area contributed by atoms with Gasteiger partial charge in [0.25, 0.3) is 0 Å². The van der Waals surface area contributed by atoms with Gasteiger partial charge in [0.05, 0.1) is 18.2 Å². The van der Waals surface area contributed by atoms with Crippen LogP contribution in [0.4, 0.5) is 5.82 Å². The summed E-state index contributed by atoms with van der Waals surface area (Å²) < 4.78 is 5.33. The first-order valence-corrected chi connectivity index (χ1v) is 5.25. The van der Waals surface area contributed by atoms with E-state index < -0.39 is 0 Å². The Kier molecular flexibility index (Phi) is 5.81. The van der Waals surface area contributed by atoms with Gasteiger partial charge in [-0.05, 0) is 18.6 Å². The second-order valence-corrected chi connectivity index (χ2v) is 3.41. The van der Waals surface area contributed by atoms with Crippen molar-refractivity contribution in [2.45, 2.75) is 6.42 Å². The smallest absolute Gasteiger partial charge is 0.126 e. The number of hydrogen-bond acceptors (Lipinski definition) is 3. The molecule has 3 nitrogen and oxygen atoms in total. The molecule has 0 saturated carbocycles. The van der Waals surface area contributed by atoms with E-state index in [9.17, 15) is 0 Å². The van der Waals surface area contributed by atoms with Crippen molar-refractivity contribution >= 4 is 17.4 Å². The van der Waals surface area contributed by atoms with Crippen molar-refractivity contribution < 1.29 is 4.74 Å². The highest BCUT2D eigenvalue weighted by atomic mass is 35.5. The van der Waals surface area contributed by atoms with Crippen molar-refractivity contribution in [2.75, 3.05) is 25.1 Å². The van der Waals surface area contributed by atoms with E-state index >= 15 is 0 Å². The summed E-state index contributed by atoms with van der Waals surface area (Å²) in [6, 6.07) is 3.64. The van der Waals surface area contributed by atoms with E-state index in [2.05, 4.69) is 16.9 Å². The Morgan fingerprint density at radius 1 is 1.47 bits per heavy atom. The molecule has 0 bridgehead atoms. The monoisotopic (exact) mass is 226 g/mol. The van der Waals surface area contributed by atoms with E-state index in [1.807, 2.05) is 12.1 Å². The van der Waals surface area contributed by atoms with E-state index in [-0.39, 0.29) is 0 Å². The summed E-state index contributed by atoms with van der Waals surface area (Å²) in [6.07, 6.45) is 4.34. The van der Waals surface area contributed by atoms with Crippen molar-refractivity contribution in [1.29, 1.82) is 0 Å². The first-order chi connectivity index (χ1) is 7.33. The van der Waals surface area contributed by atoms with Gasteiger partial charge in [-0.3, -0.25) is 0 Å². The van der Waals surface area contributed by atoms with Crippen LogP contribution in [0.3, 0.4) is 0 Å². The minimum atomic E-state index is 0.641. The summed E-state index contributed by atoms with van der Waals surface area (Å²) in [4.78, 5) is 4.10. The molecule has 15 heavy (non-hydrogen) atoms. The fourth-order valence-electron chi connectivity index (χ4n) is 1.00. The molecule has 0 unspecified atom stereocenters. The summed E-state index contributed by atoms with van der Waals surface area (Å²) in [5, 5.41) is 3.77. The van der Waals surface area contributed by atoms with Gasteiger partial charge in [0.1, 0.15) is 5.82 Å². The number of anilines is 1. The number of nitrogens with zero attached hydrogens (tertiary/aromatic N) is 1. The SMILES string of the molecule is C=CCCOCCNc1ccc(Cl)cn1. The standard InChI is InChI=1S/C11H15ClN2O/c1-2-3-7-15-8-6-13-11-5-4-10(12)9-14-11/h2,4-5,9H,1,3,6-8H2,(H,13,14). The Labute approximate surface area is 95.1 Å². The van der Waals surface area contributed by atoms with Crippen LogP contribution in [-0.2, 0) is 4.74 Å². The molecule has 1 N–H and O–H groups in total. The number of aromatic nitrogens is 1. The van der Waals surface area contributed by atoms with Crippen molar-refractivity contribution in [1.82, 2.24) is 4.98 Å². The molecule has 1 aromatic heterocycles. The Bertz CT molecular complexity index is 287. The third-order valence-corrected chi connectivity index (χ3v) is 1.97. The molecule has 0 spiro atoms. The molecule has 0 aliphatic carbocycles. The van der Waals surface area contributed by atoms with Gasteiger partial charge in [0.15, 0.2) is 0 Å². The van der Waals surface area contributed by atoms with E-state index in [0.717, 1.165) is 25.4 Å². The molecule has 0 aliphatic rings. The molecule has 0 aliphatic heterocycles. The summed E-state index contributed by atoms with van der Waals surface area (Å²) in [5.41, 5.74) is 0. The number of pyridine rings is 1. The van der Waals surface area contributed by atoms with E-state index in [1.165, 1.54) is 0 Å². The number of halogens is 1.